The molecule has 0 aliphatic carbocycles. The van der Waals surface area contributed by atoms with Gasteiger partial charge >= 0.3 is 0 Å². The molecule has 2 atom stereocenters. The molecule has 1 aliphatic rings. The van der Waals surface area contributed by atoms with Crippen molar-refractivity contribution in [1.82, 2.24) is 4.90 Å². The second-order valence-electron chi connectivity index (χ2n) is 4.00. The van der Waals surface area contributed by atoms with Crippen molar-refractivity contribution in [1.29, 1.82) is 0 Å². The fourth-order valence-electron chi connectivity index (χ4n) is 1.84. The number of nitrogens with zero attached hydrogens (tertiary/aromatic N) is 1. The lowest BCUT2D eigenvalue weighted by molar-refractivity contribution is 0.0572. The second kappa shape index (κ2) is 4.18. The van der Waals surface area contributed by atoms with Crippen molar-refractivity contribution >= 4 is 0 Å². The highest BCUT2D eigenvalue weighted by Gasteiger charge is 2.29. The third-order valence-electron chi connectivity index (χ3n) is 2.68. The number of likely N-dealkylation sites (tertiary alicyclic amines) is 1. The maximum atomic E-state index is 9.36. The Labute approximate surface area is 88.4 Å². The van der Waals surface area contributed by atoms with Gasteiger partial charge in [-0.05, 0) is 17.7 Å². The van der Waals surface area contributed by atoms with E-state index in [4.69, 9.17) is 5.11 Å². The maximum Gasteiger partial charge on any atom is 0.115 e. The summed E-state index contributed by atoms with van der Waals surface area (Å²) in [6.45, 7) is 1.69. The van der Waals surface area contributed by atoms with E-state index in [0.29, 0.717) is 19.6 Å². The number of hydrogen-bond donors (Lipinski definition) is 3. The highest BCUT2D eigenvalue weighted by molar-refractivity contribution is 5.25. The van der Waals surface area contributed by atoms with Crippen LogP contribution in [0, 0.1) is 0 Å². The van der Waals surface area contributed by atoms with Crippen molar-refractivity contribution in [2.24, 2.45) is 0 Å². The molecular formula is C11H15NO3. The Balaban J connectivity index is 1.95. The van der Waals surface area contributed by atoms with Gasteiger partial charge in [0.25, 0.3) is 0 Å². The summed E-state index contributed by atoms with van der Waals surface area (Å²) in [5.74, 6) is 0.250. The molecule has 1 saturated heterocycles. The lowest BCUT2D eigenvalue weighted by atomic mass is 10.2. The molecule has 1 fully saturated rings. The summed E-state index contributed by atoms with van der Waals surface area (Å²) in [6, 6.07) is 6.95. The average molecular weight is 209 g/mol. The molecule has 4 nitrogen and oxygen atoms in total. The second-order valence-corrected chi connectivity index (χ2v) is 4.00. The number of phenols is 1. The molecule has 1 aromatic carbocycles. The molecule has 4 heteroatoms. The minimum Gasteiger partial charge on any atom is -0.508 e. The first-order valence-electron chi connectivity index (χ1n) is 5.01. The molecule has 0 bridgehead atoms. The summed E-state index contributed by atoms with van der Waals surface area (Å²) in [5.41, 5.74) is 1.06. The summed E-state index contributed by atoms with van der Waals surface area (Å²) in [7, 11) is 0. The van der Waals surface area contributed by atoms with Gasteiger partial charge in [0.2, 0.25) is 0 Å². The Kier molecular flexibility index (Phi) is 2.90. The zero-order valence-corrected chi connectivity index (χ0v) is 8.37. The lowest BCUT2D eigenvalue weighted by Crippen LogP contribution is -2.22. The van der Waals surface area contributed by atoms with Crippen molar-refractivity contribution in [3.8, 4) is 5.75 Å². The van der Waals surface area contributed by atoms with E-state index in [0.717, 1.165) is 5.56 Å². The van der Waals surface area contributed by atoms with Gasteiger partial charge in [0.1, 0.15) is 5.75 Å². The molecule has 82 valence electrons. The van der Waals surface area contributed by atoms with Gasteiger partial charge in [0, 0.05) is 19.6 Å². The highest BCUT2D eigenvalue weighted by atomic mass is 16.3. The van der Waals surface area contributed by atoms with Crippen LogP contribution in [0.15, 0.2) is 24.3 Å². The molecular weight excluding hydrogens is 194 g/mol. The SMILES string of the molecule is Oc1ccc(CN2C[C@@H](O)[C@@H](O)C2)cc1. The van der Waals surface area contributed by atoms with E-state index in [-0.39, 0.29) is 5.75 Å². The van der Waals surface area contributed by atoms with Crippen LogP contribution >= 0.6 is 0 Å². The van der Waals surface area contributed by atoms with Crippen LogP contribution in [0.4, 0.5) is 0 Å². The van der Waals surface area contributed by atoms with Crippen molar-refractivity contribution in [2.75, 3.05) is 13.1 Å². The van der Waals surface area contributed by atoms with Crippen LogP contribution in [0.1, 0.15) is 5.56 Å². The number of aromatic hydroxyl groups is 1. The van der Waals surface area contributed by atoms with Crippen LogP contribution < -0.4 is 0 Å². The van der Waals surface area contributed by atoms with Crippen molar-refractivity contribution in [3.05, 3.63) is 29.8 Å². The van der Waals surface area contributed by atoms with E-state index < -0.39 is 12.2 Å². The van der Waals surface area contributed by atoms with Gasteiger partial charge in [0.15, 0.2) is 0 Å². The predicted octanol–water partition coefficient (Wildman–Crippen LogP) is -0.0704. The standard InChI is InChI=1S/C11H15NO3/c13-9-3-1-8(2-4-9)5-12-6-10(14)11(15)7-12/h1-4,10-11,13-15H,5-7H2/t10-,11+. The summed E-state index contributed by atoms with van der Waals surface area (Å²) < 4.78 is 0. The summed E-state index contributed by atoms with van der Waals surface area (Å²) >= 11 is 0. The van der Waals surface area contributed by atoms with E-state index in [1.165, 1.54) is 0 Å². The molecule has 1 heterocycles. The molecule has 0 aromatic heterocycles. The maximum absolute atomic E-state index is 9.36. The first kappa shape index (κ1) is 10.4. The molecule has 1 aromatic rings. The van der Waals surface area contributed by atoms with Gasteiger partial charge in [0.05, 0.1) is 12.2 Å². The Bertz CT molecular complexity index is 315. The predicted molar refractivity (Wildman–Crippen MR) is 55.4 cm³/mol. The molecule has 0 unspecified atom stereocenters. The molecule has 15 heavy (non-hydrogen) atoms. The number of hydrogen-bond acceptors (Lipinski definition) is 4. The van der Waals surface area contributed by atoms with Gasteiger partial charge in [-0.2, -0.15) is 0 Å². The molecule has 1 aliphatic heterocycles. The first-order valence-corrected chi connectivity index (χ1v) is 5.01. The van der Waals surface area contributed by atoms with E-state index >= 15 is 0 Å². The normalized spacial score (nSPS) is 27.1. The van der Waals surface area contributed by atoms with Gasteiger partial charge < -0.3 is 15.3 Å². The molecule has 2 rings (SSSR count). The average Bonchev–Trinajstić information content (AvgIpc) is 2.50. The van der Waals surface area contributed by atoms with Gasteiger partial charge in [-0.3, -0.25) is 4.90 Å². The number of phenolic OH excluding ortho intramolecular Hbond substituents is 1. The topological polar surface area (TPSA) is 63.9 Å². The summed E-state index contributed by atoms with van der Waals surface area (Å²) in [4.78, 5) is 1.99. The van der Waals surface area contributed by atoms with Crippen molar-refractivity contribution in [2.45, 2.75) is 18.8 Å². The van der Waals surface area contributed by atoms with E-state index in [9.17, 15) is 10.2 Å². The molecule has 3 N–H and O–H groups in total. The molecule has 0 saturated carbocycles. The monoisotopic (exact) mass is 209 g/mol. The highest BCUT2D eigenvalue weighted by Crippen LogP contribution is 2.16. The Morgan fingerprint density at radius 2 is 1.60 bits per heavy atom. The summed E-state index contributed by atoms with van der Waals surface area (Å²) in [5, 5.41) is 27.8. The van der Waals surface area contributed by atoms with Gasteiger partial charge in [-0.25, -0.2) is 0 Å². The van der Waals surface area contributed by atoms with Gasteiger partial charge in [-0.1, -0.05) is 12.1 Å². The van der Waals surface area contributed by atoms with Crippen LogP contribution in [0.25, 0.3) is 0 Å². The van der Waals surface area contributed by atoms with Crippen molar-refractivity contribution in [3.63, 3.8) is 0 Å². The minimum atomic E-state index is -0.637. The third-order valence-corrected chi connectivity index (χ3v) is 2.68. The fourth-order valence-corrected chi connectivity index (χ4v) is 1.84. The quantitative estimate of drug-likeness (QED) is 0.638. The summed E-state index contributed by atoms with van der Waals surface area (Å²) in [6.07, 6.45) is -1.27. The fraction of sp³-hybridized carbons (Fsp3) is 0.455. The van der Waals surface area contributed by atoms with Crippen LogP contribution in [0.3, 0.4) is 0 Å². The zero-order valence-electron chi connectivity index (χ0n) is 8.37. The lowest BCUT2D eigenvalue weighted by Gasteiger charge is -2.14. The molecule has 0 radical (unpaired) electrons. The Morgan fingerprint density at radius 1 is 1.07 bits per heavy atom. The Hall–Kier alpha value is -1.10. The minimum absolute atomic E-state index is 0.250. The van der Waals surface area contributed by atoms with E-state index in [1.807, 2.05) is 17.0 Å². The number of aliphatic hydroxyl groups excluding tert-OH is 2. The van der Waals surface area contributed by atoms with E-state index in [1.54, 1.807) is 12.1 Å². The first-order chi connectivity index (χ1) is 7.15. The number of benzene rings is 1. The van der Waals surface area contributed by atoms with Gasteiger partial charge in [-0.15, -0.1) is 0 Å². The largest absolute Gasteiger partial charge is 0.508 e. The van der Waals surface area contributed by atoms with Crippen molar-refractivity contribution < 1.29 is 15.3 Å². The number of aliphatic hydroxyl groups is 2. The number of β-amino-alcohol motifs (C(OH)–C–C–N with tert-alkyl or cyclic N) is 2. The van der Waals surface area contributed by atoms with Crippen LogP contribution in [-0.2, 0) is 6.54 Å². The van der Waals surface area contributed by atoms with Crippen LogP contribution in [0.5, 0.6) is 5.75 Å². The van der Waals surface area contributed by atoms with Crippen LogP contribution in [-0.4, -0.2) is 45.5 Å². The zero-order chi connectivity index (χ0) is 10.8. The Morgan fingerprint density at radius 3 is 2.13 bits per heavy atom. The third kappa shape index (κ3) is 2.47. The molecule has 0 spiro atoms. The van der Waals surface area contributed by atoms with Crippen LogP contribution in [0.2, 0.25) is 0 Å². The molecule has 0 amide bonds. The smallest absolute Gasteiger partial charge is 0.115 e. The van der Waals surface area contributed by atoms with E-state index in [2.05, 4.69) is 0 Å². The number of rotatable bonds is 2.